The predicted octanol–water partition coefficient (Wildman–Crippen LogP) is 1.58. The SMILES string of the molecule is CC(C)NC(=O)C1COCCN(C(=O)c2c(OCc3ccccc3)c(=O)ccn2C)C1. The number of hydrogen-bond donors (Lipinski definition) is 1. The highest BCUT2D eigenvalue weighted by Gasteiger charge is 2.31. The van der Waals surface area contributed by atoms with Crippen molar-refractivity contribution in [3.05, 3.63) is 64.1 Å². The fourth-order valence-electron chi connectivity index (χ4n) is 3.43. The van der Waals surface area contributed by atoms with Gasteiger partial charge in [0.15, 0.2) is 11.4 Å². The molecular formula is C23H29N3O5. The third-order valence-corrected chi connectivity index (χ3v) is 5.02. The monoisotopic (exact) mass is 427 g/mol. The van der Waals surface area contributed by atoms with Gasteiger partial charge >= 0.3 is 0 Å². The van der Waals surface area contributed by atoms with Gasteiger partial charge in [0, 0.05) is 38.4 Å². The van der Waals surface area contributed by atoms with Gasteiger partial charge < -0.3 is 24.3 Å². The lowest BCUT2D eigenvalue weighted by molar-refractivity contribution is -0.127. The van der Waals surface area contributed by atoms with Crippen molar-refractivity contribution in [2.45, 2.75) is 26.5 Å². The van der Waals surface area contributed by atoms with Gasteiger partial charge in [0.25, 0.3) is 5.91 Å². The van der Waals surface area contributed by atoms with Crippen molar-refractivity contribution in [2.24, 2.45) is 13.0 Å². The Bertz CT molecular complexity index is 971. The van der Waals surface area contributed by atoms with Crippen LogP contribution in [0.15, 0.2) is 47.4 Å². The number of carbonyl (C=O) groups excluding carboxylic acids is 2. The molecule has 8 nitrogen and oxygen atoms in total. The van der Waals surface area contributed by atoms with Crippen LogP contribution in [0.1, 0.15) is 29.9 Å². The molecule has 1 fully saturated rings. The third kappa shape index (κ3) is 5.73. The van der Waals surface area contributed by atoms with Gasteiger partial charge in [-0.1, -0.05) is 30.3 Å². The summed E-state index contributed by atoms with van der Waals surface area (Å²) in [5, 5.41) is 2.87. The van der Waals surface area contributed by atoms with E-state index >= 15 is 0 Å². The Labute approximate surface area is 181 Å². The first-order valence-corrected chi connectivity index (χ1v) is 10.4. The number of rotatable bonds is 6. The number of aromatic nitrogens is 1. The number of amides is 2. The number of aryl methyl sites for hydroxylation is 1. The maximum Gasteiger partial charge on any atom is 0.274 e. The van der Waals surface area contributed by atoms with Crippen molar-refractivity contribution in [2.75, 3.05) is 26.3 Å². The summed E-state index contributed by atoms with van der Waals surface area (Å²) >= 11 is 0. The number of nitrogens with one attached hydrogen (secondary N) is 1. The molecule has 0 aliphatic carbocycles. The summed E-state index contributed by atoms with van der Waals surface area (Å²) in [5.74, 6) is -0.996. The summed E-state index contributed by atoms with van der Waals surface area (Å²) in [7, 11) is 1.69. The van der Waals surface area contributed by atoms with Gasteiger partial charge in [-0.15, -0.1) is 0 Å². The number of pyridine rings is 1. The second-order valence-corrected chi connectivity index (χ2v) is 7.93. The minimum atomic E-state index is -0.483. The van der Waals surface area contributed by atoms with Gasteiger partial charge in [0.05, 0.1) is 19.1 Å². The maximum absolute atomic E-state index is 13.4. The van der Waals surface area contributed by atoms with Crippen molar-refractivity contribution in [1.82, 2.24) is 14.8 Å². The molecule has 2 amide bonds. The van der Waals surface area contributed by atoms with E-state index in [1.165, 1.54) is 6.07 Å². The smallest absolute Gasteiger partial charge is 0.274 e. The molecule has 1 unspecified atom stereocenters. The Morgan fingerprint density at radius 2 is 1.97 bits per heavy atom. The number of benzene rings is 1. The largest absolute Gasteiger partial charge is 0.483 e. The molecule has 0 bridgehead atoms. The van der Waals surface area contributed by atoms with E-state index in [0.29, 0.717) is 13.2 Å². The fourth-order valence-corrected chi connectivity index (χ4v) is 3.43. The lowest BCUT2D eigenvalue weighted by Gasteiger charge is -2.25. The van der Waals surface area contributed by atoms with Crippen molar-refractivity contribution < 1.29 is 19.1 Å². The third-order valence-electron chi connectivity index (χ3n) is 5.02. The second kappa shape index (κ2) is 10.3. The zero-order chi connectivity index (χ0) is 22.4. The highest BCUT2D eigenvalue weighted by atomic mass is 16.5. The first-order chi connectivity index (χ1) is 14.9. The van der Waals surface area contributed by atoms with Crippen LogP contribution in [0.5, 0.6) is 5.75 Å². The summed E-state index contributed by atoms with van der Waals surface area (Å²) in [6.45, 7) is 5.03. The molecule has 0 radical (unpaired) electrons. The Morgan fingerprint density at radius 3 is 2.68 bits per heavy atom. The van der Waals surface area contributed by atoms with E-state index in [-0.39, 0.29) is 54.5 Å². The van der Waals surface area contributed by atoms with E-state index in [9.17, 15) is 14.4 Å². The van der Waals surface area contributed by atoms with Crippen molar-refractivity contribution in [3.63, 3.8) is 0 Å². The molecule has 31 heavy (non-hydrogen) atoms. The molecule has 1 saturated heterocycles. The van der Waals surface area contributed by atoms with Crippen LogP contribution in [0.4, 0.5) is 0 Å². The Hall–Kier alpha value is -3.13. The lowest BCUT2D eigenvalue weighted by atomic mass is 10.1. The molecule has 1 N–H and O–H groups in total. The van der Waals surface area contributed by atoms with Crippen molar-refractivity contribution in [1.29, 1.82) is 0 Å². The topological polar surface area (TPSA) is 89.9 Å². The quantitative estimate of drug-likeness (QED) is 0.756. The summed E-state index contributed by atoms with van der Waals surface area (Å²) in [6, 6.07) is 10.8. The van der Waals surface area contributed by atoms with Crippen molar-refractivity contribution in [3.8, 4) is 5.75 Å². The standard InChI is InChI=1S/C23H29N3O5/c1-16(2)24-22(28)18-13-26(11-12-30-15-18)23(29)20-21(19(27)9-10-25(20)3)31-14-17-7-5-4-6-8-17/h4-10,16,18H,11-15H2,1-3H3,(H,24,28). The van der Waals surface area contributed by atoms with E-state index in [4.69, 9.17) is 9.47 Å². The first-order valence-electron chi connectivity index (χ1n) is 10.4. The number of carbonyl (C=O) groups is 2. The zero-order valence-corrected chi connectivity index (χ0v) is 18.2. The minimum absolute atomic E-state index is 0.00663. The van der Waals surface area contributed by atoms with Gasteiger partial charge in [-0.2, -0.15) is 0 Å². The van der Waals surface area contributed by atoms with Crippen molar-refractivity contribution >= 4 is 11.8 Å². The zero-order valence-electron chi connectivity index (χ0n) is 18.2. The molecule has 8 heteroatoms. The van der Waals surface area contributed by atoms with Crippen LogP contribution in [0.25, 0.3) is 0 Å². The van der Waals surface area contributed by atoms with Gasteiger partial charge in [0.1, 0.15) is 6.61 Å². The molecule has 1 aliphatic rings. The van der Waals surface area contributed by atoms with Gasteiger partial charge in [-0.25, -0.2) is 0 Å². The predicted molar refractivity (Wildman–Crippen MR) is 116 cm³/mol. The molecule has 1 atom stereocenters. The molecule has 1 aliphatic heterocycles. The van der Waals surface area contributed by atoms with E-state index in [0.717, 1.165) is 5.56 Å². The number of nitrogens with zero attached hydrogens (tertiary/aromatic N) is 2. The molecule has 3 rings (SSSR count). The lowest BCUT2D eigenvalue weighted by Crippen LogP contribution is -2.44. The first kappa shape index (κ1) is 22.6. The maximum atomic E-state index is 13.4. The van der Waals surface area contributed by atoms with Crippen LogP contribution < -0.4 is 15.5 Å². The molecule has 2 heterocycles. The molecular weight excluding hydrogens is 398 g/mol. The van der Waals surface area contributed by atoms with E-state index < -0.39 is 5.92 Å². The fraction of sp³-hybridized carbons (Fsp3) is 0.435. The van der Waals surface area contributed by atoms with E-state index in [1.807, 2.05) is 44.2 Å². The summed E-state index contributed by atoms with van der Waals surface area (Å²) in [4.78, 5) is 40.1. The normalized spacial score (nSPS) is 16.6. The van der Waals surface area contributed by atoms with Gasteiger partial charge in [-0.3, -0.25) is 14.4 Å². The molecule has 2 aromatic rings. The molecule has 166 valence electrons. The molecule has 1 aromatic heterocycles. The second-order valence-electron chi connectivity index (χ2n) is 7.93. The molecule has 1 aromatic carbocycles. The average molecular weight is 428 g/mol. The van der Waals surface area contributed by atoms with E-state index in [1.54, 1.807) is 22.7 Å². The van der Waals surface area contributed by atoms with Gasteiger partial charge in [0.2, 0.25) is 11.3 Å². The van der Waals surface area contributed by atoms with Crippen LogP contribution in [-0.2, 0) is 23.2 Å². The van der Waals surface area contributed by atoms with Crippen LogP contribution in [0, 0.1) is 5.92 Å². The summed E-state index contributed by atoms with van der Waals surface area (Å²) in [5.41, 5.74) is 0.686. The Balaban J connectivity index is 1.85. The summed E-state index contributed by atoms with van der Waals surface area (Å²) in [6.07, 6.45) is 1.54. The van der Waals surface area contributed by atoms with Crippen LogP contribution in [0.3, 0.4) is 0 Å². The van der Waals surface area contributed by atoms with Crippen LogP contribution >= 0.6 is 0 Å². The number of hydrogen-bond acceptors (Lipinski definition) is 5. The molecule has 0 saturated carbocycles. The van der Waals surface area contributed by atoms with Gasteiger partial charge in [-0.05, 0) is 19.4 Å². The Morgan fingerprint density at radius 1 is 1.23 bits per heavy atom. The van der Waals surface area contributed by atoms with E-state index in [2.05, 4.69) is 5.32 Å². The Kier molecular flexibility index (Phi) is 7.46. The highest BCUT2D eigenvalue weighted by Crippen LogP contribution is 2.19. The minimum Gasteiger partial charge on any atom is -0.483 e. The number of ether oxygens (including phenoxy) is 2. The summed E-state index contributed by atoms with van der Waals surface area (Å²) < 4.78 is 13.0. The van der Waals surface area contributed by atoms with Crippen LogP contribution in [-0.4, -0.2) is 53.6 Å². The highest BCUT2D eigenvalue weighted by molar-refractivity contribution is 5.95. The molecule has 0 spiro atoms. The average Bonchev–Trinajstić information content (AvgIpc) is 3.00. The van der Waals surface area contributed by atoms with Crippen LogP contribution in [0.2, 0.25) is 0 Å².